The number of benzene rings is 1. The van der Waals surface area contributed by atoms with Gasteiger partial charge in [0.2, 0.25) is 11.8 Å². The minimum absolute atomic E-state index is 0.0840. The van der Waals surface area contributed by atoms with Crippen LogP contribution >= 0.6 is 0 Å². The normalized spacial score (nSPS) is 25.1. The molecule has 2 aliphatic rings. The maximum atomic E-state index is 12.4. The summed E-state index contributed by atoms with van der Waals surface area (Å²) < 4.78 is 0. The molecule has 1 saturated heterocycles. The molecule has 1 fully saturated rings. The number of allylic oxidation sites excluding steroid dienone is 2. The molecule has 2 amide bonds. The van der Waals surface area contributed by atoms with Crippen molar-refractivity contribution >= 4 is 17.5 Å². The molecule has 20 heavy (non-hydrogen) atoms. The quantitative estimate of drug-likeness (QED) is 0.672. The van der Waals surface area contributed by atoms with Crippen molar-refractivity contribution in [3.05, 3.63) is 42.0 Å². The van der Waals surface area contributed by atoms with E-state index < -0.39 is 0 Å². The molecule has 0 spiro atoms. The Kier molecular flexibility index (Phi) is 3.40. The Morgan fingerprint density at radius 1 is 1.00 bits per heavy atom. The summed E-state index contributed by atoms with van der Waals surface area (Å²) >= 11 is 0. The van der Waals surface area contributed by atoms with Gasteiger partial charge in [-0.05, 0) is 37.0 Å². The lowest BCUT2D eigenvalue weighted by Gasteiger charge is -2.15. The maximum Gasteiger partial charge on any atom is 0.238 e. The van der Waals surface area contributed by atoms with E-state index in [0.717, 1.165) is 5.56 Å². The molecule has 1 aromatic carbocycles. The van der Waals surface area contributed by atoms with Gasteiger partial charge in [0.05, 0.1) is 17.5 Å². The summed E-state index contributed by atoms with van der Waals surface area (Å²) in [4.78, 5) is 26.1. The maximum absolute atomic E-state index is 12.4. The predicted molar refractivity (Wildman–Crippen MR) is 75.1 cm³/mol. The Morgan fingerprint density at radius 2 is 1.55 bits per heavy atom. The molecule has 1 aromatic rings. The van der Waals surface area contributed by atoms with Crippen LogP contribution < -0.4 is 4.90 Å². The van der Waals surface area contributed by atoms with E-state index in [1.54, 1.807) is 12.1 Å². The number of rotatable bonds is 3. The first-order chi connectivity index (χ1) is 9.72. The van der Waals surface area contributed by atoms with Crippen LogP contribution in [0.25, 0.3) is 0 Å². The Balaban J connectivity index is 1.86. The largest absolute Gasteiger partial charge is 0.396 e. The summed E-state index contributed by atoms with van der Waals surface area (Å²) in [5.74, 6) is -0.548. The third-order valence-corrected chi connectivity index (χ3v) is 4.10. The van der Waals surface area contributed by atoms with E-state index in [1.165, 1.54) is 4.90 Å². The topological polar surface area (TPSA) is 57.6 Å². The monoisotopic (exact) mass is 271 g/mol. The minimum Gasteiger partial charge on any atom is -0.396 e. The third kappa shape index (κ3) is 2.06. The first-order valence-corrected chi connectivity index (χ1v) is 6.95. The van der Waals surface area contributed by atoms with Crippen molar-refractivity contribution < 1.29 is 14.7 Å². The minimum atomic E-state index is -0.190. The molecule has 1 aliphatic heterocycles. The van der Waals surface area contributed by atoms with Crippen LogP contribution in [-0.2, 0) is 16.0 Å². The molecule has 0 radical (unpaired) electrons. The van der Waals surface area contributed by atoms with Crippen LogP contribution in [0.3, 0.4) is 0 Å². The van der Waals surface area contributed by atoms with Crippen molar-refractivity contribution in [1.29, 1.82) is 0 Å². The number of aliphatic hydroxyl groups is 1. The average molecular weight is 271 g/mol. The molecule has 104 valence electrons. The van der Waals surface area contributed by atoms with Crippen LogP contribution in [0.1, 0.15) is 18.4 Å². The van der Waals surface area contributed by atoms with Crippen LogP contribution in [0.2, 0.25) is 0 Å². The Bertz CT molecular complexity index is 536. The molecule has 1 heterocycles. The highest BCUT2D eigenvalue weighted by molar-refractivity contribution is 6.22. The van der Waals surface area contributed by atoms with Crippen LogP contribution in [0, 0.1) is 11.8 Å². The summed E-state index contributed by atoms with van der Waals surface area (Å²) in [7, 11) is 0. The molecule has 3 rings (SSSR count). The second kappa shape index (κ2) is 5.21. The van der Waals surface area contributed by atoms with Gasteiger partial charge in [-0.1, -0.05) is 24.3 Å². The second-order valence-corrected chi connectivity index (χ2v) is 5.31. The first kappa shape index (κ1) is 13.1. The number of carbonyl (C=O) groups excluding carboxylic acids is 2. The zero-order chi connectivity index (χ0) is 14.1. The first-order valence-electron chi connectivity index (χ1n) is 6.95. The second-order valence-electron chi connectivity index (χ2n) is 5.31. The standard InChI is InChI=1S/C16H17NO3/c18-10-9-11-5-7-12(8-6-11)17-15(19)13-3-1-2-4-14(13)16(17)20/h1-2,5-8,13-14,18H,3-4,9-10H2. The van der Waals surface area contributed by atoms with Crippen LogP contribution in [0.5, 0.6) is 0 Å². The number of carbonyl (C=O) groups is 2. The van der Waals surface area contributed by atoms with Crippen molar-refractivity contribution in [3.63, 3.8) is 0 Å². The summed E-state index contributed by atoms with van der Waals surface area (Å²) in [6.45, 7) is 0.0940. The number of anilines is 1. The number of hydrogen-bond acceptors (Lipinski definition) is 3. The SMILES string of the molecule is O=C1C2CC=CCC2C(=O)N1c1ccc(CCO)cc1. The summed E-state index contributed by atoms with van der Waals surface area (Å²) in [5, 5.41) is 8.90. The Hall–Kier alpha value is -1.94. The van der Waals surface area contributed by atoms with E-state index in [9.17, 15) is 9.59 Å². The van der Waals surface area contributed by atoms with Crippen molar-refractivity contribution in [2.24, 2.45) is 11.8 Å². The summed E-state index contributed by atoms with van der Waals surface area (Å²) in [5.41, 5.74) is 1.63. The van der Waals surface area contributed by atoms with E-state index in [4.69, 9.17) is 5.11 Å². The van der Waals surface area contributed by atoms with Crippen molar-refractivity contribution in [3.8, 4) is 0 Å². The molecular formula is C16H17NO3. The molecule has 2 unspecified atom stereocenters. The van der Waals surface area contributed by atoms with Gasteiger partial charge in [0, 0.05) is 6.61 Å². The van der Waals surface area contributed by atoms with Crippen molar-refractivity contribution in [2.45, 2.75) is 19.3 Å². The molecule has 1 aliphatic carbocycles. The van der Waals surface area contributed by atoms with Gasteiger partial charge in [0.25, 0.3) is 0 Å². The van der Waals surface area contributed by atoms with Gasteiger partial charge in [-0.15, -0.1) is 0 Å². The van der Waals surface area contributed by atoms with Crippen LogP contribution in [0.4, 0.5) is 5.69 Å². The van der Waals surface area contributed by atoms with E-state index in [0.29, 0.717) is 24.9 Å². The molecule has 0 bridgehead atoms. The van der Waals surface area contributed by atoms with Crippen LogP contribution in [0.15, 0.2) is 36.4 Å². The van der Waals surface area contributed by atoms with Crippen molar-refractivity contribution in [2.75, 3.05) is 11.5 Å². The number of amides is 2. The van der Waals surface area contributed by atoms with Crippen LogP contribution in [-0.4, -0.2) is 23.5 Å². The third-order valence-electron chi connectivity index (χ3n) is 4.10. The highest BCUT2D eigenvalue weighted by atomic mass is 16.3. The molecule has 4 nitrogen and oxygen atoms in total. The number of aliphatic hydroxyl groups excluding tert-OH is 1. The van der Waals surface area contributed by atoms with E-state index in [2.05, 4.69) is 0 Å². The fourth-order valence-electron chi connectivity index (χ4n) is 3.00. The molecule has 2 atom stereocenters. The zero-order valence-corrected chi connectivity index (χ0v) is 11.2. The average Bonchev–Trinajstić information content (AvgIpc) is 2.73. The van der Waals surface area contributed by atoms with E-state index >= 15 is 0 Å². The Labute approximate surface area is 117 Å². The van der Waals surface area contributed by atoms with Gasteiger partial charge in [-0.2, -0.15) is 0 Å². The zero-order valence-electron chi connectivity index (χ0n) is 11.2. The predicted octanol–water partition coefficient (Wildman–Crippen LogP) is 1.68. The van der Waals surface area contributed by atoms with Gasteiger partial charge in [0.1, 0.15) is 0 Å². The highest BCUT2D eigenvalue weighted by Gasteiger charge is 2.47. The number of hydrogen-bond donors (Lipinski definition) is 1. The Morgan fingerprint density at radius 3 is 2.05 bits per heavy atom. The summed E-state index contributed by atoms with van der Waals surface area (Å²) in [6.07, 6.45) is 5.88. The van der Waals surface area contributed by atoms with Gasteiger partial charge < -0.3 is 5.11 Å². The van der Waals surface area contributed by atoms with Gasteiger partial charge in [-0.25, -0.2) is 0 Å². The smallest absolute Gasteiger partial charge is 0.238 e. The lowest BCUT2D eigenvalue weighted by molar-refractivity contribution is -0.122. The molecule has 4 heteroatoms. The van der Waals surface area contributed by atoms with Gasteiger partial charge in [0.15, 0.2) is 0 Å². The van der Waals surface area contributed by atoms with Gasteiger partial charge >= 0.3 is 0 Å². The van der Waals surface area contributed by atoms with Crippen molar-refractivity contribution in [1.82, 2.24) is 0 Å². The number of fused-ring (bicyclic) bond motifs is 1. The lowest BCUT2D eigenvalue weighted by atomic mass is 9.85. The van der Waals surface area contributed by atoms with Gasteiger partial charge in [-0.3, -0.25) is 14.5 Å². The summed E-state index contributed by atoms with van der Waals surface area (Å²) in [6, 6.07) is 7.27. The fourth-order valence-corrected chi connectivity index (χ4v) is 3.00. The molecule has 1 N–H and O–H groups in total. The number of imide groups is 1. The fraction of sp³-hybridized carbons (Fsp3) is 0.375. The van der Waals surface area contributed by atoms with E-state index in [1.807, 2.05) is 24.3 Å². The molecule has 0 saturated carbocycles. The van der Waals surface area contributed by atoms with E-state index in [-0.39, 0.29) is 30.3 Å². The lowest BCUT2D eigenvalue weighted by Crippen LogP contribution is -2.30. The highest BCUT2D eigenvalue weighted by Crippen LogP contribution is 2.37. The molecular weight excluding hydrogens is 254 g/mol. The molecule has 0 aromatic heterocycles. The number of nitrogens with zero attached hydrogens (tertiary/aromatic N) is 1.